The topological polar surface area (TPSA) is 38.0 Å². The fourth-order valence-corrected chi connectivity index (χ4v) is 13.7. The van der Waals surface area contributed by atoms with E-state index in [4.69, 9.17) is 6.57 Å². The summed E-state index contributed by atoms with van der Waals surface area (Å²) in [5.74, 6) is 0. The first-order valence-electron chi connectivity index (χ1n) is 27.1. The summed E-state index contributed by atoms with van der Waals surface area (Å²) in [6.07, 6.45) is 0. The number of benzene rings is 10. The third kappa shape index (κ3) is 8.11. The first-order valence-corrected chi connectivity index (χ1v) is 27.1. The molecule has 0 atom stereocenters. The van der Waals surface area contributed by atoms with Gasteiger partial charge in [0.05, 0.1) is 51.6 Å². The summed E-state index contributed by atoms with van der Waals surface area (Å²) < 4.78 is 4.83. The monoisotopic (exact) mass is 1010 g/mol. The van der Waals surface area contributed by atoms with Crippen molar-refractivity contribution in [1.82, 2.24) is 9.13 Å². The fourth-order valence-electron chi connectivity index (χ4n) is 13.7. The van der Waals surface area contributed by atoms with Crippen LogP contribution in [0, 0.1) is 101 Å². The number of hydrogen-bond acceptors (Lipinski definition) is 1. The number of aryl methyl sites for hydroxylation is 12. The molecule has 0 fully saturated rings. The van der Waals surface area contributed by atoms with E-state index in [1.807, 2.05) is 24.3 Å². The van der Waals surface area contributed by atoms with Crippen LogP contribution >= 0.6 is 0 Å². The van der Waals surface area contributed by atoms with E-state index in [2.05, 4.69) is 237 Å². The standard InChI is InChI=1S/C74H62N4/c1-41-25-45(5)71(46(6)26-41)55-17-21-65-60(34-55)61-35-56(72-47(7)27-42(2)28-48(72)8)18-22-66(61)77(65)69-38-59(54-16-14-15-53(33-54)40-75)64(76-13)39-70(69)78-67-23-19-57(73-49(9)29-43(3)30-50(73)10)36-62(67)63-37-58(20-24-68(63)78)74-51(11)31-44(4)32-52(74)12/h14-39H,1-12H3. The van der Waals surface area contributed by atoms with Crippen LogP contribution in [0.15, 0.2) is 158 Å². The van der Waals surface area contributed by atoms with Crippen molar-refractivity contribution in [1.29, 1.82) is 5.26 Å². The minimum Gasteiger partial charge on any atom is -0.308 e. The lowest BCUT2D eigenvalue weighted by Gasteiger charge is -2.20. The molecule has 2 aromatic heterocycles. The molecule has 378 valence electrons. The lowest BCUT2D eigenvalue weighted by atomic mass is 9.91. The van der Waals surface area contributed by atoms with Gasteiger partial charge in [0, 0.05) is 21.5 Å². The van der Waals surface area contributed by atoms with Gasteiger partial charge < -0.3 is 9.13 Å². The molecule has 12 rings (SSSR count). The van der Waals surface area contributed by atoms with Crippen LogP contribution in [0.25, 0.3) is 115 Å². The maximum absolute atomic E-state index is 10.2. The predicted octanol–water partition coefficient (Wildman–Crippen LogP) is 20.3. The van der Waals surface area contributed by atoms with Crippen LogP contribution in [0.3, 0.4) is 0 Å². The lowest BCUT2D eigenvalue weighted by molar-refractivity contribution is 1.10. The third-order valence-electron chi connectivity index (χ3n) is 16.4. The first kappa shape index (κ1) is 49.6. The van der Waals surface area contributed by atoms with Gasteiger partial charge in [0.15, 0.2) is 5.69 Å². The summed E-state index contributed by atoms with van der Waals surface area (Å²) >= 11 is 0. The number of aromatic nitrogens is 2. The van der Waals surface area contributed by atoms with Gasteiger partial charge in [-0.25, -0.2) is 4.85 Å². The van der Waals surface area contributed by atoms with E-state index in [1.165, 1.54) is 111 Å². The van der Waals surface area contributed by atoms with Crippen LogP contribution in [0.2, 0.25) is 0 Å². The Bertz CT molecular complexity index is 4330. The van der Waals surface area contributed by atoms with Gasteiger partial charge in [-0.3, -0.25) is 0 Å². The number of nitriles is 1. The molecule has 0 unspecified atom stereocenters. The van der Waals surface area contributed by atoms with Crippen molar-refractivity contribution >= 4 is 49.3 Å². The Morgan fingerprint density at radius 2 is 0.654 bits per heavy atom. The molecular weight excluding hydrogens is 945 g/mol. The molecule has 0 N–H and O–H groups in total. The molecular formula is C74H62N4. The van der Waals surface area contributed by atoms with Crippen LogP contribution in [0.5, 0.6) is 0 Å². The lowest BCUT2D eigenvalue weighted by Crippen LogP contribution is -2.04. The van der Waals surface area contributed by atoms with E-state index in [9.17, 15) is 5.26 Å². The Balaban J connectivity index is 1.23. The molecule has 0 saturated heterocycles. The molecule has 4 heteroatoms. The van der Waals surface area contributed by atoms with Crippen molar-refractivity contribution < 1.29 is 0 Å². The maximum Gasteiger partial charge on any atom is 0.197 e. The average Bonchev–Trinajstić information content (AvgIpc) is 4.03. The normalized spacial score (nSPS) is 11.6. The molecule has 10 aromatic carbocycles. The molecule has 0 bridgehead atoms. The maximum atomic E-state index is 10.2. The van der Waals surface area contributed by atoms with Crippen molar-refractivity contribution in [3.63, 3.8) is 0 Å². The van der Waals surface area contributed by atoms with Crippen molar-refractivity contribution in [2.24, 2.45) is 0 Å². The zero-order valence-electron chi connectivity index (χ0n) is 46.8. The van der Waals surface area contributed by atoms with Crippen molar-refractivity contribution in [2.45, 2.75) is 83.1 Å². The van der Waals surface area contributed by atoms with Crippen LogP contribution in [0.1, 0.15) is 72.3 Å². The smallest absolute Gasteiger partial charge is 0.197 e. The highest BCUT2D eigenvalue weighted by atomic mass is 15.1. The average molecular weight is 1010 g/mol. The molecule has 0 aliphatic carbocycles. The summed E-state index contributed by atoms with van der Waals surface area (Å²) in [5, 5.41) is 14.8. The van der Waals surface area contributed by atoms with Gasteiger partial charge in [-0.05, 0) is 256 Å². The summed E-state index contributed by atoms with van der Waals surface area (Å²) in [6, 6.07) is 60.5. The van der Waals surface area contributed by atoms with Gasteiger partial charge in [0.1, 0.15) is 0 Å². The van der Waals surface area contributed by atoms with Crippen LogP contribution in [0.4, 0.5) is 5.69 Å². The molecule has 0 aliphatic rings. The van der Waals surface area contributed by atoms with E-state index < -0.39 is 0 Å². The number of rotatable bonds is 7. The van der Waals surface area contributed by atoms with Crippen molar-refractivity contribution in [3.8, 4) is 73.1 Å². The largest absolute Gasteiger partial charge is 0.308 e. The molecule has 0 radical (unpaired) electrons. The van der Waals surface area contributed by atoms with Gasteiger partial charge in [-0.15, -0.1) is 0 Å². The number of fused-ring (bicyclic) bond motifs is 6. The number of nitrogens with zero attached hydrogens (tertiary/aromatic N) is 4. The third-order valence-corrected chi connectivity index (χ3v) is 16.4. The van der Waals surface area contributed by atoms with Gasteiger partial charge >= 0.3 is 0 Å². The Morgan fingerprint density at radius 3 is 0.949 bits per heavy atom. The molecule has 4 nitrogen and oxygen atoms in total. The summed E-state index contributed by atoms with van der Waals surface area (Å²) in [5.41, 5.74) is 33.4. The molecule has 78 heavy (non-hydrogen) atoms. The summed E-state index contributed by atoms with van der Waals surface area (Å²) in [7, 11) is 0. The van der Waals surface area contributed by atoms with Gasteiger partial charge in [-0.1, -0.05) is 107 Å². The SMILES string of the molecule is [C-]#[N+]c1cc(-n2c3ccc(-c4c(C)cc(C)cc4C)cc3c3cc(-c4c(C)cc(C)cc4C)ccc32)c(-n2c3ccc(-c4c(C)cc(C)cc4C)cc3c3cc(-c4c(C)cc(C)cc4C)ccc32)cc1-c1cccc(C#N)c1. The van der Waals surface area contributed by atoms with Crippen LogP contribution < -0.4 is 0 Å². The van der Waals surface area contributed by atoms with E-state index in [0.717, 1.165) is 66.1 Å². The molecule has 12 aromatic rings. The van der Waals surface area contributed by atoms with Crippen LogP contribution in [-0.4, -0.2) is 9.13 Å². The zero-order chi connectivity index (χ0) is 54.6. The van der Waals surface area contributed by atoms with Crippen LogP contribution in [-0.2, 0) is 0 Å². The predicted molar refractivity (Wildman–Crippen MR) is 330 cm³/mol. The Hall–Kier alpha value is -9.22. The van der Waals surface area contributed by atoms with Crippen molar-refractivity contribution in [2.75, 3.05) is 0 Å². The molecule has 0 amide bonds. The molecule has 2 heterocycles. The minimum atomic E-state index is 0.505. The Labute approximate surface area is 459 Å². The second-order valence-electron chi connectivity index (χ2n) is 22.4. The summed E-state index contributed by atoms with van der Waals surface area (Å²) in [4.78, 5) is 4.32. The Morgan fingerprint density at radius 1 is 0.346 bits per heavy atom. The van der Waals surface area contributed by atoms with E-state index >= 15 is 0 Å². The second-order valence-corrected chi connectivity index (χ2v) is 22.4. The Kier molecular flexibility index (Phi) is 12.0. The van der Waals surface area contributed by atoms with Gasteiger partial charge in [-0.2, -0.15) is 5.26 Å². The summed E-state index contributed by atoms with van der Waals surface area (Å²) in [6.45, 7) is 35.4. The van der Waals surface area contributed by atoms with Gasteiger partial charge in [0.25, 0.3) is 0 Å². The van der Waals surface area contributed by atoms with E-state index in [0.29, 0.717) is 11.3 Å². The minimum absolute atomic E-state index is 0.505. The highest BCUT2D eigenvalue weighted by molar-refractivity contribution is 6.15. The second kappa shape index (κ2) is 18.8. The zero-order valence-corrected chi connectivity index (χ0v) is 46.8. The molecule has 0 spiro atoms. The quantitative estimate of drug-likeness (QED) is 0.147. The van der Waals surface area contributed by atoms with Crippen molar-refractivity contribution in [3.05, 3.63) is 241 Å². The highest BCUT2D eigenvalue weighted by Gasteiger charge is 2.25. The molecule has 0 saturated carbocycles. The van der Waals surface area contributed by atoms with Gasteiger partial charge in [0.2, 0.25) is 0 Å². The van der Waals surface area contributed by atoms with E-state index in [-0.39, 0.29) is 0 Å². The van der Waals surface area contributed by atoms with E-state index in [1.54, 1.807) is 0 Å². The fraction of sp³-hybridized carbons (Fsp3) is 0.162. The molecule has 0 aliphatic heterocycles. The highest BCUT2D eigenvalue weighted by Crippen LogP contribution is 2.47. The first-order chi connectivity index (χ1) is 37.5. The number of hydrogen-bond donors (Lipinski definition) is 0.